The van der Waals surface area contributed by atoms with Gasteiger partial charge in [0.25, 0.3) is 5.91 Å². The maximum absolute atomic E-state index is 13.3. The molecular formula is C26H21N3O3. The minimum absolute atomic E-state index is 0.123. The van der Waals surface area contributed by atoms with Crippen molar-refractivity contribution < 1.29 is 14.4 Å². The molecule has 158 valence electrons. The third-order valence-electron chi connectivity index (χ3n) is 7.38. The van der Waals surface area contributed by atoms with Gasteiger partial charge in [0.1, 0.15) is 0 Å². The fraction of sp³-hybridized carbons (Fsp3) is 0.231. The van der Waals surface area contributed by atoms with Crippen LogP contribution in [0.1, 0.15) is 23.7 Å². The van der Waals surface area contributed by atoms with Gasteiger partial charge in [-0.25, -0.2) is 4.90 Å². The van der Waals surface area contributed by atoms with E-state index in [1.165, 1.54) is 4.90 Å². The second kappa shape index (κ2) is 6.60. The number of anilines is 2. The number of benzene rings is 2. The van der Waals surface area contributed by atoms with Crippen LogP contribution in [0.3, 0.4) is 0 Å². The number of carbonyl (C=O) groups excluding carboxylic acids is 3. The number of imide groups is 1. The number of pyridine rings is 1. The zero-order valence-electron chi connectivity index (χ0n) is 17.5. The van der Waals surface area contributed by atoms with Crippen LogP contribution in [0.15, 0.2) is 72.9 Å². The topological polar surface area (TPSA) is 79.4 Å². The van der Waals surface area contributed by atoms with Crippen molar-refractivity contribution in [3.63, 3.8) is 0 Å². The second-order valence-electron chi connectivity index (χ2n) is 9.01. The van der Waals surface area contributed by atoms with Crippen molar-refractivity contribution in [1.82, 2.24) is 4.98 Å². The van der Waals surface area contributed by atoms with E-state index in [-0.39, 0.29) is 35.5 Å². The molecular weight excluding hydrogens is 402 g/mol. The molecule has 2 heterocycles. The summed E-state index contributed by atoms with van der Waals surface area (Å²) in [5.74, 6) is -0.562. The quantitative estimate of drug-likeness (QED) is 0.506. The number of amides is 3. The Labute approximate surface area is 184 Å². The molecule has 3 aromatic rings. The first-order valence-electron chi connectivity index (χ1n) is 10.8. The molecule has 3 aliphatic rings. The highest BCUT2D eigenvalue weighted by Gasteiger charge is 2.67. The van der Waals surface area contributed by atoms with Gasteiger partial charge in [0.05, 0.1) is 28.2 Å². The summed E-state index contributed by atoms with van der Waals surface area (Å²) in [6.45, 7) is 1.92. The van der Waals surface area contributed by atoms with E-state index in [1.807, 2.05) is 37.3 Å². The van der Waals surface area contributed by atoms with Crippen molar-refractivity contribution in [1.29, 1.82) is 0 Å². The van der Waals surface area contributed by atoms with Crippen LogP contribution in [0.25, 0.3) is 10.9 Å². The molecule has 0 unspecified atom stereocenters. The van der Waals surface area contributed by atoms with Gasteiger partial charge in [-0.2, -0.15) is 0 Å². The maximum atomic E-state index is 13.3. The molecule has 1 aromatic heterocycles. The molecule has 2 aromatic carbocycles. The molecule has 0 radical (unpaired) electrons. The lowest BCUT2D eigenvalue weighted by molar-refractivity contribution is -0.127. The van der Waals surface area contributed by atoms with Crippen molar-refractivity contribution in [2.24, 2.45) is 23.2 Å². The van der Waals surface area contributed by atoms with Gasteiger partial charge in [-0.05, 0) is 61.6 Å². The summed E-state index contributed by atoms with van der Waals surface area (Å²) in [5.41, 5.74) is 1.64. The monoisotopic (exact) mass is 423 g/mol. The number of aromatic nitrogens is 1. The summed E-state index contributed by atoms with van der Waals surface area (Å²) >= 11 is 0. The molecule has 1 saturated heterocycles. The lowest BCUT2D eigenvalue weighted by atomic mass is 9.71. The largest absolute Gasteiger partial charge is 0.320 e. The summed E-state index contributed by atoms with van der Waals surface area (Å²) in [6, 6.07) is 16.0. The molecule has 2 aliphatic carbocycles. The Morgan fingerprint density at radius 2 is 1.84 bits per heavy atom. The Balaban J connectivity index is 1.26. The van der Waals surface area contributed by atoms with E-state index in [1.54, 1.807) is 30.5 Å². The molecule has 4 atom stereocenters. The first-order valence-corrected chi connectivity index (χ1v) is 10.8. The highest BCUT2D eigenvalue weighted by molar-refractivity contribution is 6.24. The van der Waals surface area contributed by atoms with Gasteiger partial charge in [-0.15, -0.1) is 0 Å². The van der Waals surface area contributed by atoms with E-state index in [9.17, 15) is 14.4 Å². The number of para-hydroxylation sites is 1. The van der Waals surface area contributed by atoms with Gasteiger partial charge in [0.2, 0.25) is 11.8 Å². The first-order chi connectivity index (χ1) is 15.5. The van der Waals surface area contributed by atoms with Crippen LogP contribution in [-0.4, -0.2) is 22.7 Å². The average Bonchev–Trinajstić information content (AvgIpc) is 3.45. The molecule has 32 heavy (non-hydrogen) atoms. The third kappa shape index (κ3) is 2.46. The predicted octanol–water partition coefficient (Wildman–Crippen LogP) is 4.19. The Kier molecular flexibility index (Phi) is 3.90. The van der Waals surface area contributed by atoms with Crippen LogP contribution in [0.5, 0.6) is 0 Å². The van der Waals surface area contributed by atoms with E-state index >= 15 is 0 Å². The highest BCUT2D eigenvalue weighted by Crippen LogP contribution is 2.60. The third-order valence-corrected chi connectivity index (χ3v) is 7.38. The number of hydrogen-bond acceptors (Lipinski definition) is 4. The van der Waals surface area contributed by atoms with Gasteiger partial charge >= 0.3 is 0 Å². The highest BCUT2D eigenvalue weighted by atomic mass is 16.2. The van der Waals surface area contributed by atoms with Crippen LogP contribution in [0, 0.1) is 23.2 Å². The lowest BCUT2D eigenvalue weighted by Gasteiger charge is -2.28. The number of hydrogen-bond donors (Lipinski definition) is 1. The minimum atomic E-state index is -0.659. The van der Waals surface area contributed by atoms with Crippen molar-refractivity contribution in [3.8, 4) is 0 Å². The normalized spacial score (nSPS) is 27.9. The summed E-state index contributed by atoms with van der Waals surface area (Å²) in [6.07, 6.45) is 6.75. The molecule has 6 nitrogen and oxygen atoms in total. The Bertz CT molecular complexity index is 1320. The summed E-state index contributed by atoms with van der Waals surface area (Å²) < 4.78 is 0. The molecule has 6 rings (SSSR count). The van der Waals surface area contributed by atoms with Crippen LogP contribution in [-0.2, 0) is 9.59 Å². The van der Waals surface area contributed by atoms with Gasteiger partial charge in [-0.3, -0.25) is 19.4 Å². The van der Waals surface area contributed by atoms with E-state index in [0.29, 0.717) is 16.9 Å². The number of nitrogens with zero attached hydrogens (tertiary/aromatic N) is 2. The molecule has 2 fully saturated rings. The van der Waals surface area contributed by atoms with Crippen LogP contribution >= 0.6 is 0 Å². The van der Waals surface area contributed by atoms with E-state index < -0.39 is 5.41 Å². The first kappa shape index (κ1) is 18.9. The van der Waals surface area contributed by atoms with Gasteiger partial charge in [0, 0.05) is 17.1 Å². The molecule has 2 bridgehead atoms. The smallest absolute Gasteiger partial charge is 0.255 e. The van der Waals surface area contributed by atoms with E-state index in [2.05, 4.69) is 22.5 Å². The Hall–Kier alpha value is -3.80. The van der Waals surface area contributed by atoms with Crippen molar-refractivity contribution in [2.45, 2.75) is 13.3 Å². The lowest BCUT2D eigenvalue weighted by Crippen LogP contribution is -2.37. The average molecular weight is 423 g/mol. The number of rotatable bonds is 3. The molecule has 0 spiro atoms. The standard InChI is InChI=1S/C26H21N3O3/c1-26-18-10-7-17(14-18)21(26)24(31)29(25(26)32)19-11-8-16(9-12-19)23(30)28-20-6-2-4-15-5-3-13-27-22(15)20/h2-13,17-18,21H,14H2,1H3,(H,28,30)/t17-,18+,21+,26+/m1/s1. The Morgan fingerprint density at radius 1 is 1.06 bits per heavy atom. The number of allylic oxidation sites excluding steroid dienone is 2. The second-order valence-corrected chi connectivity index (χ2v) is 9.01. The molecule has 1 saturated carbocycles. The number of fused-ring (bicyclic) bond motifs is 6. The van der Waals surface area contributed by atoms with Crippen LogP contribution < -0.4 is 10.2 Å². The summed E-state index contributed by atoms with van der Waals surface area (Å²) in [4.78, 5) is 44.9. The molecule has 6 heteroatoms. The Morgan fingerprint density at radius 3 is 2.62 bits per heavy atom. The SMILES string of the molecule is C[C@@]12C(=O)N(c3ccc(C(=O)Nc4cccc5cccnc45)cc3)C(=O)[C@@H]1[C@@H]1C=C[C@H]2C1. The fourth-order valence-electron chi connectivity index (χ4n) is 5.71. The van der Waals surface area contributed by atoms with Gasteiger partial charge in [-0.1, -0.05) is 30.4 Å². The van der Waals surface area contributed by atoms with Crippen molar-refractivity contribution in [3.05, 3.63) is 78.5 Å². The van der Waals surface area contributed by atoms with Gasteiger partial charge in [0.15, 0.2) is 0 Å². The van der Waals surface area contributed by atoms with Crippen molar-refractivity contribution in [2.75, 3.05) is 10.2 Å². The van der Waals surface area contributed by atoms with E-state index in [4.69, 9.17) is 0 Å². The zero-order chi connectivity index (χ0) is 22.0. The maximum Gasteiger partial charge on any atom is 0.255 e. The summed E-state index contributed by atoms with van der Waals surface area (Å²) in [7, 11) is 0. The fourth-order valence-corrected chi connectivity index (χ4v) is 5.71. The number of carbonyl (C=O) groups is 3. The minimum Gasteiger partial charge on any atom is -0.320 e. The molecule has 1 aliphatic heterocycles. The number of nitrogens with one attached hydrogen (secondary N) is 1. The zero-order valence-corrected chi connectivity index (χ0v) is 17.5. The molecule has 1 N–H and O–H groups in total. The van der Waals surface area contributed by atoms with E-state index in [0.717, 1.165) is 17.3 Å². The van der Waals surface area contributed by atoms with Crippen molar-refractivity contribution >= 4 is 40.0 Å². The van der Waals surface area contributed by atoms with Crippen LogP contribution in [0.2, 0.25) is 0 Å². The van der Waals surface area contributed by atoms with Crippen LogP contribution in [0.4, 0.5) is 11.4 Å². The van der Waals surface area contributed by atoms with Gasteiger partial charge < -0.3 is 5.32 Å². The summed E-state index contributed by atoms with van der Waals surface area (Å²) in [5, 5.41) is 3.85. The molecule has 3 amide bonds. The predicted molar refractivity (Wildman–Crippen MR) is 121 cm³/mol.